The first-order valence-electron chi connectivity index (χ1n) is 10.8. The molecule has 0 atom stereocenters. The molecule has 0 amide bonds. The minimum Gasteiger partial charge on any atom is -0.359 e. The molecule has 1 aliphatic heterocycles. The molecule has 0 aliphatic carbocycles. The third-order valence-corrected chi connectivity index (χ3v) is 6.94. The van der Waals surface area contributed by atoms with E-state index in [0.717, 1.165) is 56.0 Å². The van der Waals surface area contributed by atoms with Gasteiger partial charge in [0.25, 0.3) is 0 Å². The summed E-state index contributed by atoms with van der Waals surface area (Å²) < 4.78 is 2.97. The second-order valence-electron chi connectivity index (χ2n) is 10.2. The summed E-state index contributed by atoms with van der Waals surface area (Å²) >= 11 is 1.69. The van der Waals surface area contributed by atoms with E-state index in [9.17, 15) is 0 Å². The zero-order chi connectivity index (χ0) is 22.0. The number of fused-ring (bicyclic) bond motifs is 2. The third kappa shape index (κ3) is 4.04. The Kier molecular flexibility index (Phi) is 4.61. The molecule has 31 heavy (non-hydrogen) atoms. The summed E-state index contributed by atoms with van der Waals surface area (Å²) in [5.41, 5.74) is 5.34. The number of hydrogen-bond acceptors (Lipinski definition) is 6. The van der Waals surface area contributed by atoms with Crippen LogP contribution in [0.4, 0.5) is 5.13 Å². The van der Waals surface area contributed by atoms with Crippen LogP contribution in [0.2, 0.25) is 0 Å². The van der Waals surface area contributed by atoms with Gasteiger partial charge in [0.2, 0.25) is 0 Å². The van der Waals surface area contributed by atoms with Crippen molar-refractivity contribution in [3.8, 4) is 11.1 Å². The van der Waals surface area contributed by atoms with E-state index in [4.69, 9.17) is 9.97 Å². The maximum Gasteiger partial charge on any atom is 0.185 e. The number of piperidine rings is 1. The van der Waals surface area contributed by atoms with Crippen molar-refractivity contribution in [1.29, 1.82) is 0 Å². The molecule has 1 saturated heterocycles. The Morgan fingerprint density at radius 3 is 2.58 bits per heavy atom. The second-order valence-corrected chi connectivity index (χ2v) is 11.2. The monoisotopic (exact) mass is 434 g/mol. The smallest absolute Gasteiger partial charge is 0.185 e. The molecule has 0 unspecified atom stereocenters. The van der Waals surface area contributed by atoms with Crippen LogP contribution in [0.25, 0.3) is 32.4 Å². The standard InChI is InChI=1S/C24H30N6S/c1-14-18(15-7-8-19-16(9-15)13-30(6)28-19)10-20-21(25-14)27-22(31-20)26-17-11-23(2,3)29-24(4,5)12-17/h7-10,13,17,29H,11-12H2,1-6H3,(H,25,26,27). The highest BCUT2D eigenvalue weighted by atomic mass is 32.1. The van der Waals surface area contributed by atoms with Crippen LogP contribution in [0, 0.1) is 6.92 Å². The van der Waals surface area contributed by atoms with Gasteiger partial charge in [0.1, 0.15) is 0 Å². The molecule has 0 spiro atoms. The van der Waals surface area contributed by atoms with E-state index in [-0.39, 0.29) is 11.1 Å². The van der Waals surface area contributed by atoms with Crippen LogP contribution in [-0.4, -0.2) is 36.9 Å². The van der Waals surface area contributed by atoms with Crippen LogP contribution < -0.4 is 10.6 Å². The van der Waals surface area contributed by atoms with Crippen molar-refractivity contribution in [2.75, 3.05) is 5.32 Å². The minimum absolute atomic E-state index is 0.100. The van der Waals surface area contributed by atoms with Crippen molar-refractivity contribution >= 4 is 37.7 Å². The topological polar surface area (TPSA) is 67.7 Å². The molecule has 1 fully saturated rings. The van der Waals surface area contributed by atoms with E-state index >= 15 is 0 Å². The predicted molar refractivity (Wildman–Crippen MR) is 130 cm³/mol. The van der Waals surface area contributed by atoms with Crippen molar-refractivity contribution in [2.45, 2.75) is 64.6 Å². The molecule has 0 radical (unpaired) electrons. The fourth-order valence-corrected chi connectivity index (χ4v) is 6.15. The highest BCUT2D eigenvalue weighted by molar-refractivity contribution is 7.22. The van der Waals surface area contributed by atoms with Crippen molar-refractivity contribution < 1.29 is 0 Å². The molecule has 5 rings (SSSR count). The minimum atomic E-state index is 0.100. The van der Waals surface area contributed by atoms with E-state index < -0.39 is 0 Å². The van der Waals surface area contributed by atoms with E-state index in [0.29, 0.717) is 6.04 Å². The Morgan fingerprint density at radius 2 is 1.84 bits per heavy atom. The number of pyridine rings is 1. The lowest BCUT2D eigenvalue weighted by Crippen LogP contribution is -2.60. The molecule has 1 aliphatic rings. The first-order chi connectivity index (χ1) is 14.6. The molecule has 4 heterocycles. The van der Waals surface area contributed by atoms with Crippen LogP contribution in [0.5, 0.6) is 0 Å². The van der Waals surface area contributed by atoms with E-state index in [1.54, 1.807) is 11.3 Å². The van der Waals surface area contributed by atoms with Gasteiger partial charge in [0.05, 0.1) is 10.2 Å². The van der Waals surface area contributed by atoms with Crippen LogP contribution in [0.1, 0.15) is 46.2 Å². The Bertz CT molecular complexity index is 1270. The first kappa shape index (κ1) is 20.4. The fourth-order valence-electron chi connectivity index (χ4n) is 5.22. The summed E-state index contributed by atoms with van der Waals surface area (Å²) in [6, 6.07) is 9.02. The summed E-state index contributed by atoms with van der Waals surface area (Å²) in [5.74, 6) is 0. The van der Waals surface area contributed by atoms with Gasteiger partial charge in [-0.2, -0.15) is 5.10 Å². The van der Waals surface area contributed by atoms with E-state index in [1.165, 1.54) is 0 Å². The summed E-state index contributed by atoms with van der Waals surface area (Å²) in [6.45, 7) is 11.2. The number of aromatic nitrogens is 4. The first-order valence-corrected chi connectivity index (χ1v) is 11.7. The lowest BCUT2D eigenvalue weighted by Gasteiger charge is -2.46. The number of anilines is 1. The maximum absolute atomic E-state index is 4.83. The number of aryl methyl sites for hydroxylation is 2. The molecule has 4 aromatic rings. The molecule has 7 heteroatoms. The SMILES string of the molecule is Cc1nc2nc(NC3CC(C)(C)NC(C)(C)C3)sc2cc1-c1ccc2nn(C)cc2c1. The fraction of sp³-hybridized carbons (Fsp3) is 0.458. The Morgan fingerprint density at radius 1 is 1.10 bits per heavy atom. The van der Waals surface area contributed by atoms with Crippen LogP contribution in [-0.2, 0) is 7.05 Å². The maximum atomic E-state index is 4.83. The van der Waals surface area contributed by atoms with Crippen molar-refractivity contribution in [2.24, 2.45) is 7.05 Å². The summed E-state index contributed by atoms with van der Waals surface area (Å²) in [5, 5.41) is 14.0. The third-order valence-electron chi connectivity index (χ3n) is 6.02. The van der Waals surface area contributed by atoms with E-state index in [2.05, 4.69) is 80.8 Å². The van der Waals surface area contributed by atoms with Crippen molar-refractivity contribution in [3.05, 3.63) is 36.2 Å². The molecule has 2 N–H and O–H groups in total. The van der Waals surface area contributed by atoms with Gasteiger partial charge < -0.3 is 10.6 Å². The summed E-state index contributed by atoms with van der Waals surface area (Å²) in [4.78, 5) is 9.65. The average Bonchev–Trinajstić information content (AvgIpc) is 3.18. The normalized spacial score (nSPS) is 18.6. The molecule has 0 bridgehead atoms. The second kappa shape index (κ2) is 7.00. The van der Waals surface area contributed by atoms with Gasteiger partial charge in [0.15, 0.2) is 10.8 Å². The molecule has 6 nitrogen and oxygen atoms in total. The molecular weight excluding hydrogens is 404 g/mol. The predicted octanol–water partition coefficient (Wildman–Crippen LogP) is 5.27. The lowest BCUT2D eigenvalue weighted by atomic mass is 9.80. The van der Waals surface area contributed by atoms with Gasteiger partial charge >= 0.3 is 0 Å². The molecule has 3 aromatic heterocycles. The quantitative estimate of drug-likeness (QED) is 0.459. The van der Waals surface area contributed by atoms with Crippen LogP contribution in [0.15, 0.2) is 30.5 Å². The highest BCUT2D eigenvalue weighted by Gasteiger charge is 2.37. The Balaban J connectivity index is 1.46. The zero-order valence-electron chi connectivity index (χ0n) is 19.1. The number of nitrogens with one attached hydrogen (secondary N) is 2. The van der Waals surface area contributed by atoms with Crippen molar-refractivity contribution in [1.82, 2.24) is 25.1 Å². The summed E-state index contributed by atoms with van der Waals surface area (Å²) in [6.07, 6.45) is 4.18. The summed E-state index contributed by atoms with van der Waals surface area (Å²) in [7, 11) is 1.95. The average molecular weight is 435 g/mol. The highest BCUT2D eigenvalue weighted by Crippen LogP contribution is 2.35. The number of thiazole rings is 1. The number of nitrogens with zero attached hydrogens (tertiary/aromatic N) is 4. The lowest BCUT2D eigenvalue weighted by molar-refractivity contribution is 0.170. The van der Waals surface area contributed by atoms with Crippen molar-refractivity contribution in [3.63, 3.8) is 0 Å². The van der Waals surface area contributed by atoms with Gasteiger partial charge in [-0.1, -0.05) is 17.4 Å². The Labute approximate surface area is 187 Å². The van der Waals surface area contributed by atoms with Gasteiger partial charge in [-0.15, -0.1) is 0 Å². The van der Waals surface area contributed by atoms with E-state index in [1.807, 2.05) is 11.7 Å². The number of hydrogen-bond donors (Lipinski definition) is 2. The molecular formula is C24H30N6S. The molecule has 1 aromatic carbocycles. The molecule has 162 valence electrons. The Hall–Kier alpha value is -2.51. The van der Waals surface area contributed by atoms with Gasteiger partial charge in [0, 0.05) is 47.0 Å². The van der Waals surface area contributed by atoms with Crippen LogP contribution >= 0.6 is 11.3 Å². The molecule has 0 saturated carbocycles. The van der Waals surface area contributed by atoms with Gasteiger partial charge in [-0.25, -0.2) is 9.97 Å². The number of rotatable bonds is 3. The largest absolute Gasteiger partial charge is 0.359 e. The van der Waals surface area contributed by atoms with Crippen LogP contribution in [0.3, 0.4) is 0 Å². The van der Waals surface area contributed by atoms with Gasteiger partial charge in [-0.05, 0) is 71.2 Å². The number of benzene rings is 1. The van der Waals surface area contributed by atoms with Gasteiger partial charge in [-0.3, -0.25) is 4.68 Å². The zero-order valence-corrected chi connectivity index (χ0v) is 19.9.